The second-order valence-electron chi connectivity index (χ2n) is 9.15. The number of non-ortho nitro benzene ring substituents is 1. The zero-order valence-electron chi connectivity index (χ0n) is 22.2. The Kier molecular flexibility index (Phi) is 9.95. The number of esters is 1. The number of aliphatic imine (C=N–C) groups is 1. The predicted molar refractivity (Wildman–Crippen MR) is 144 cm³/mol. The number of alkyl halides is 1. The lowest BCUT2D eigenvalue weighted by molar-refractivity contribution is -0.384. The first-order valence-corrected chi connectivity index (χ1v) is 12.5. The minimum Gasteiger partial charge on any atom is -0.507 e. The largest absolute Gasteiger partial charge is 0.507 e. The topological polar surface area (TPSA) is 184 Å². The number of nitrogens with zero attached hydrogens (tertiary/aromatic N) is 2. The Hall–Kier alpha value is -4.75. The number of halogens is 1. The van der Waals surface area contributed by atoms with Crippen LogP contribution in [0.15, 0.2) is 35.3 Å². The molecule has 214 valence electrons. The third-order valence-corrected chi connectivity index (χ3v) is 5.86. The van der Waals surface area contributed by atoms with Crippen LogP contribution in [0.3, 0.4) is 0 Å². The highest BCUT2D eigenvalue weighted by molar-refractivity contribution is 6.00. The quantitative estimate of drug-likeness (QED) is 0.166. The van der Waals surface area contributed by atoms with Gasteiger partial charge in [-0.2, -0.15) is 0 Å². The standard InChI is InChI=1S/C26H31FN6O7/c1-4-40-23(35)10-21(20-6-14(2)5-15(3)24(20)36)32-22(34)13-28-25(37)16-7-18(9-19(8-16)33(38)39)31-26-29-11-17(27)12-30-26/h5-9,17,21,36H,4,10-13H2,1-3H3,(H,28,37)(H,32,34)(H2,29,30,31)/t21-/m1/s1. The molecule has 0 radical (unpaired) electrons. The highest BCUT2D eigenvalue weighted by Gasteiger charge is 2.24. The van der Waals surface area contributed by atoms with Gasteiger partial charge in [0, 0.05) is 28.9 Å². The van der Waals surface area contributed by atoms with Gasteiger partial charge in [0.15, 0.2) is 5.96 Å². The van der Waals surface area contributed by atoms with E-state index < -0.39 is 41.5 Å². The van der Waals surface area contributed by atoms with Crippen LogP contribution in [0.5, 0.6) is 5.75 Å². The molecule has 0 aliphatic carbocycles. The SMILES string of the molecule is CCOC(=O)C[C@@H](NC(=O)CNC(=O)c1cc(NC2=NCC(F)CN2)cc([N+](=O)[O-])c1)c1cc(C)cc(C)c1O. The Bertz CT molecular complexity index is 1330. The number of hydrogen-bond acceptors (Lipinski definition) is 10. The minimum absolute atomic E-state index is 0.0142. The summed E-state index contributed by atoms with van der Waals surface area (Å²) >= 11 is 0. The molecule has 1 aliphatic rings. The fourth-order valence-corrected chi connectivity index (χ4v) is 4.05. The van der Waals surface area contributed by atoms with Gasteiger partial charge in [0.1, 0.15) is 11.9 Å². The van der Waals surface area contributed by atoms with Crippen LogP contribution in [0.25, 0.3) is 0 Å². The van der Waals surface area contributed by atoms with Crippen LogP contribution < -0.4 is 21.3 Å². The molecule has 1 heterocycles. The van der Waals surface area contributed by atoms with Gasteiger partial charge < -0.3 is 31.1 Å². The molecule has 5 N–H and O–H groups in total. The normalized spacial score (nSPS) is 15.2. The molecule has 0 aromatic heterocycles. The molecule has 2 amide bonds. The third kappa shape index (κ3) is 8.12. The van der Waals surface area contributed by atoms with Crippen LogP contribution in [0.1, 0.15) is 46.4 Å². The van der Waals surface area contributed by atoms with Crippen molar-refractivity contribution in [3.63, 3.8) is 0 Å². The monoisotopic (exact) mass is 558 g/mol. The van der Waals surface area contributed by atoms with Gasteiger partial charge in [-0.15, -0.1) is 0 Å². The number of ether oxygens (including phenoxy) is 1. The van der Waals surface area contributed by atoms with Crippen molar-refractivity contribution >= 4 is 35.1 Å². The van der Waals surface area contributed by atoms with E-state index in [0.717, 1.165) is 11.6 Å². The molecule has 0 bridgehead atoms. The molecule has 13 nitrogen and oxygen atoms in total. The van der Waals surface area contributed by atoms with Crippen molar-refractivity contribution in [2.75, 3.05) is 31.6 Å². The molecule has 2 atom stereocenters. The van der Waals surface area contributed by atoms with E-state index >= 15 is 0 Å². The van der Waals surface area contributed by atoms with Gasteiger partial charge in [-0.3, -0.25) is 24.5 Å². The first-order valence-electron chi connectivity index (χ1n) is 12.5. The maximum Gasteiger partial charge on any atom is 0.308 e. The number of carbonyl (C=O) groups is 3. The molecule has 0 spiro atoms. The number of anilines is 1. The van der Waals surface area contributed by atoms with E-state index in [4.69, 9.17) is 4.74 Å². The van der Waals surface area contributed by atoms with Crippen LogP contribution >= 0.6 is 0 Å². The summed E-state index contributed by atoms with van der Waals surface area (Å²) in [6.45, 7) is 4.67. The highest BCUT2D eigenvalue weighted by atomic mass is 19.1. The van der Waals surface area contributed by atoms with Gasteiger partial charge in [0.2, 0.25) is 5.91 Å². The molecule has 0 saturated heterocycles. The van der Waals surface area contributed by atoms with Crippen LogP contribution in [0.4, 0.5) is 15.8 Å². The van der Waals surface area contributed by atoms with E-state index in [9.17, 15) is 34.0 Å². The summed E-state index contributed by atoms with van der Waals surface area (Å²) in [6, 6.07) is 6.00. The van der Waals surface area contributed by atoms with Gasteiger partial charge in [0.25, 0.3) is 11.6 Å². The van der Waals surface area contributed by atoms with Crippen LogP contribution in [-0.4, -0.2) is 66.2 Å². The van der Waals surface area contributed by atoms with Crippen molar-refractivity contribution < 1.29 is 33.5 Å². The molecule has 0 fully saturated rings. The van der Waals surface area contributed by atoms with E-state index in [1.807, 2.05) is 0 Å². The van der Waals surface area contributed by atoms with Gasteiger partial charge in [-0.25, -0.2) is 9.38 Å². The molecule has 14 heteroatoms. The predicted octanol–water partition coefficient (Wildman–Crippen LogP) is 2.17. The number of phenolic OH excluding ortho intramolecular Hbond substituents is 1. The lowest BCUT2D eigenvalue weighted by Gasteiger charge is -2.21. The molecule has 0 saturated carbocycles. The summed E-state index contributed by atoms with van der Waals surface area (Å²) in [4.78, 5) is 52.5. The van der Waals surface area contributed by atoms with Crippen molar-refractivity contribution in [2.24, 2.45) is 4.99 Å². The van der Waals surface area contributed by atoms with Crippen molar-refractivity contribution in [3.8, 4) is 5.75 Å². The van der Waals surface area contributed by atoms with Crippen LogP contribution in [0.2, 0.25) is 0 Å². The van der Waals surface area contributed by atoms with E-state index in [-0.39, 0.29) is 54.8 Å². The number of rotatable bonds is 10. The Labute approximate surface area is 229 Å². The summed E-state index contributed by atoms with van der Waals surface area (Å²) in [7, 11) is 0. The van der Waals surface area contributed by atoms with E-state index in [1.54, 1.807) is 32.9 Å². The summed E-state index contributed by atoms with van der Waals surface area (Å²) in [6.07, 6.45) is -1.41. The second-order valence-corrected chi connectivity index (χ2v) is 9.15. The van der Waals surface area contributed by atoms with Crippen molar-refractivity contribution in [1.29, 1.82) is 0 Å². The second kappa shape index (κ2) is 13.4. The van der Waals surface area contributed by atoms with E-state index in [2.05, 4.69) is 26.3 Å². The molecule has 1 aliphatic heterocycles. The number of aryl methyl sites for hydroxylation is 2. The average molecular weight is 559 g/mol. The number of guanidine groups is 1. The fraction of sp³-hybridized carbons (Fsp3) is 0.385. The number of carbonyl (C=O) groups excluding carboxylic acids is 3. The lowest BCUT2D eigenvalue weighted by atomic mass is 9.97. The Morgan fingerprint density at radius 1 is 1.25 bits per heavy atom. The Balaban J connectivity index is 1.73. The lowest BCUT2D eigenvalue weighted by Crippen LogP contribution is -2.41. The maximum absolute atomic E-state index is 13.3. The molecule has 40 heavy (non-hydrogen) atoms. The number of nitrogens with one attached hydrogen (secondary N) is 4. The summed E-state index contributed by atoms with van der Waals surface area (Å²) in [5.41, 5.74) is 1.33. The molecule has 2 aromatic carbocycles. The van der Waals surface area contributed by atoms with Gasteiger partial charge >= 0.3 is 5.97 Å². The average Bonchev–Trinajstić information content (AvgIpc) is 2.90. The maximum atomic E-state index is 13.3. The third-order valence-electron chi connectivity index (χ3n) is 5.86. The number of aromatic hydroxyl groups is 1. The number of phenols is 1. The van der Waals surface area contributed by atoms with Gasteiger partial charge in [-0.1, -0.05) is 17.7 Å². The number of nitro benzene ring substituents is 1. The van der Waals surface area contributed by atoms with Crippen molar-refractivity contribution in [1.82, 2.24) is 16.0 Å². The minimum atomic E-state index is -1.15. The summed E-state index contributed by atoms with van der Waals surface area (Å²) in [5.74, 6) is -1.93. The highest BCUT2D eigenvalue weighted by Crippen LogP contribution is 2.31. The number of amides is 2. The molecular formula is C26H31FN6O7. The van der Waals surface area contributed by atoms with E-state index in [0.29, 0.717) is 11.1 Å². The molecule has 2 aromatic rings. The number of hydrogen-bond donors (Lipinski definition) is 5. The Morgan fingerprint density at radius 3 is 2.65 bits per heavy atom. The zero-order chi connectivity index (χ0) is 29.4. The Morgan fingerprint density at radius 2 is 2.00 bits per heavy atom. The number of benzene rings is 2. The fourth-order valence-electron chi connectivity index (χ4n) is 4.05. The smallest absolute Gasteiger partial charge is 0.308 e. The van der Waals surface area contributed by atoms with Gasteiger partial charge in [-0.05, 0) is 32.4 Å². The van der Waals surface area contributed by atoms with Crippen molar-refractivity contribution in [3.05, 3.63) is 62.7 Å². The van der Waals surface area contributed by atoms with Crippen LogP contribution in [-0.2, 0) is 14.3 Å². The zero-order valence-corrected chi connectivity index (χ0v) is 22.2. The molecule has 1 unspecified atom stereocenters. The van der Waals surface area contributed by atoms with E-state index in [1.165, 1.54) is 12.1 Å². The summed E-state index contributed by atoms with van der Waals surface area (Å²) < 4.78 is 18.3. The molecule has 3 rings (SSSR count). The first-order chi connectivity index (χ1) is 19.0. The van der Waals surface area contributed by atoms with Gasteiger partial charge in [0.05, 0.1) is 43.6 Å². The number of nitro groups is 1. The van der Waals surface area contributed by atoms with Crippen molar-refractivity contribution in [2.45, 2.75) is 39.4 Å². The summed E-state index contributed by atoms with van der Waals surface area (Å²) in [5, 5.41) is 32.5. The van der Waals surface area contributed by atoms with Crippen LogP contribution in [0, 0.1) is 24.0 Å². The first kappa shape index (κ1) is 29.8. The molecular weight excluding hydrogens is 527 g/mol.